The van der Waals surface area contributed by atoms with Crippen LogP contribution in [-0.4, -0.2) is 99.2 Å². The molecule has 202 valence electrons. The van der Waals surface area contributed by atoms with E-state index < -0.39 is 17.3 Å². The van der Waals surface area contributed by atoms with Crippen molar-refractivity contribution in [2.45, 2.75) is 56.5 Å². The van der Waals surface area contributed by atoms with Gasteiger partial charge in [-0.3, -0.25) is 4.79 Å². The van der Waals surface area contributed by atoms with Crippen LogP contribution < -0.4 is 10.2 Å². The lowest BCUT2D eigenvalue weighted by molar-refractivity contribution is -0.143. The summed E-state index contributed by atoms with van der Waals surface area (Å²) in [6.07, 6.45) is 0.484. The Balaban J connectivity index is 1.38. The van der Waals surface area contributed by atoms with E-state index in [2.05, 4.69) is 15.3 Å². The number of halogens is 3. The molecule has 12 heteroatoms. The van der Waals surface area contributed by atoms with Gasteiger partial charge in [0.25, 0.3) is 0 Å². The lowest BCUT2D eigenvalue weighted by Gasteiger charge is -2.40. The van der Waals surface area contributed by atoms with Crippen molar-refractivity contribution in [3.63, 3.8) is 0 Å². The van der Waals surface area contributed by atoms with Crippen molar-refractivity contribution in [1.82, 2.24) is 20.2 Å². The third-order valence-electron chi connectivity index (χ3n) is 7.69. The fourth-order valence-electron chi connectivity index (χ4n) is 5.64. The van der Waals surface area contributed by atoms with Gasteiger partial charge in [-0.1, -0.05) is 0 Å². The monoisotopic (exact) mass is 515 g/mol. The molecule has 3 fully saturated rings. The number of amides is 1. The first-order chi connectivity index (χ1) is 17.3. The van der Waals surface area contributed by atoms with E-state index in [4.69, 9.17) is 14.2 Å². The van der Waals surface area contributed by atoms with E-state index in [-0.39, 0.29) is 30.0 Å². The first-order valence-electron chi connectivity index (χ1n) is 12.6. The van der Waals surface area contributed by atoms with Crippen molar-refractivity contribution in [3.05, 3.63) is 18.0 Å². The molecule has 2 unspecified atom stereocenters. The number of ether oxygens (including phenoxy) is 3. The molecular weight excluding hydrogens is 479 g/mol. The van der Waals surface area contributed by atoms with Crippen molar-refractivity contribution in [3.8, 4) is 0 Å². The molecule has 1 saturated carbocycles. The Kier molecular flexibility index (Phi) is 8.69. The summed E-state index contributed by atoms with van der Waals surface area (Å²) in [4.78, 5) is 25.1. The molecule has 0 aromatic carbocycles. The lowest BCUT2D eigenvalue weighted by Crippen LogP contribution is -2.54. The van der Waals surface area contributed by atoms with E-state index in [1.165, 1.54) is 0 Å². The molecule has 1 N–H and O–H groups in total. The molecular formula is C24H36F3N5O4. The van der Waals surface area contributed by atoms with Gasteiger partial charge in [-0.2, -0.15) is 13.2 Å². The molecule has 4 rings (SSSR count). The van der Waals surface area contributed by atoms with Gasteiger partial charge in [0.15, 0.2) is 0 Å². The standard InChI is InChI=1S/C24H36F3N5O4/c1-34-14-7-23(6-3-17(15-23)29-18-5-13-36-16-19(18)35-2)21(33)31-9-11-32(12-10-31)22-28-8-4-20(30-22)24(25,26)27/h4,8,17-19,29H,3,5-7,9-16H2,1-2H3/t17-,18?,19+,23?/m0/s1. The first kappa shape index (κ1) is 27.0. The third kappa shape index (κ3) is 6.09. The maximum atomic E-state index is 13.8. The zero-order valence-corrected chi connectivity index (χ0v) is 20.9. The Morgan fingerprint density at radius 2 is 2.03 bits per heavy atom. The summed E-state index contributed by atoms with van der Waals surface area (Å²) in [5.74, 6) is 0.143. The highest BCUT2D eigenvalue weighted by atomic mass is 19.4. The SMILES string of the molecule is COCCC1(C(=O)N2CCN(c3nccc(C(F)(F)F)n3)CC2)CC[C@H](NC2CCOC[C@H]2OC)C1. The summed E-state index contributed by atoms with van der Waals surface area (Å²) >= 11 is 0. The highest BCUT2D eigenvalue weighted by Gasteiger charge is 2.48. The largest absolute Gasteiger partial charge is 0.433 e. The quantitative estimate of drug-likeness (QED) is 0.563. The minimum Gasteiger partial charge on any atom is -0.385 e. The summed E-state index contributed by atoms with van der Waals surface area (Å²) in [7, 11) is 3.33. The minimum atomic E-state index is -4.52. The van der Waals surface area contributed by atoms with Crippen molar-refractivity contribution in [2.24, 2.45) is 5.41 Å². The number of hydrogen-bond acceptors (Lipinski definition) is 8. The van der Waals surface area contributed by atoms with E-state index >= 15 is 0 Å². The second-order valence-electron chi connectivity index (χ2n) is 9.89. The average Bonchev–Trinajstić information content (AvgIpc) is 3.31. The topological polar surface area (TPSA) is 89.1 Å². The summed E-state index contributed by atoms with van der Waals surface area (Å²) in [6, 6.07) is 1.26. The summed E-state index contributed by atoms with van der Waals surface area (Å²) in [5.41, 5.74) is -1.48. The number of methoxy groups -OCH3 is 2. The zero-order chi connectivity index (χ0) is 25.8. The molecule has 3 heterocycles. The van der Waals surface area contributed by atoms with Gasteiger partial charge in [-0.05, 0) is 38.2 Å². The highest BCUT2D eigenvalue weighted by Crippen LogP contribution is 2.43. The van der Waals surface area contributed by atoms with Crippen molar-refractivity contribution < 1.29 is 32.2 Å². The number of hydrogen-bond donors (Lipinski definition) is 1. The Morgan fingerprint density at radius 3 is 2.72 bits per heavy atom. The van der Waals surface area contributed by atoms with Crippen LogP contribution >= 0.6 is 0 Å². The number of rotatable bonds is 8. The zero-order valence-electron chi connectivity index (χ0n) is 20.9. The molecule has 36 heavy (non-hydrogen) atoms. The maximum absolute atomic E-state index is 13.8. The van der Waals surface area contributed by atoms with Crippen LogP contribution in [0.3, 0.4) is 0 Å². The van der Waals surface area contributed by atoms with Crippen LogP contribution in [0, 0.1) is 5.41 Å². The summed E-state index contributed by atoms with van der Waals surface area (Å²) < 4.78 is 55.6. The molecule has 9 nitrogen and oxygen atoms in total. The Hall–Kier alpha value is -2.02. The highest BCUT2D eigenvalue weighted by molar-refractivity contribution is 5.83. The Bertz CT molecular complexity index is 884. The number of carbonyl (C=O) groups is 1. The number of piperazine rings is 1. The maximum Gasteiger partial charge on any atom is 0.433 e. The minimum absolute atomic E-state index is 0.00503. The molecule has 3 aliphatic rings. The summed E-state index contributed by atoms with van der Waals surface area (Å²) in [6.45, 7) is 3.34. The van der Waals surface area contributed by atoms with E-state index in [0.717, 1.165) is 37.9 Å². The lowest BCUT2D eigenvalue weighted by atomic mass is 9.80. The molecule has 4 atom stereocenters. The van der Waals surface area contributed by atoms with Gasteiger partial charge in [-0.15, -0.1) is 0 Å². The van der Waals surface area contributed by atoms with Gasteiger partial charge in [0.2, 0.25) is 11.9 Å². The van der Waals surface area contributed by atoms with Crippen LogP contribution in [0.1, 0.15) is 37.8 Å². The first-order valence-corrected chi connectivity index (χ1v) is 12.6. The molecule has 1 amide bonds. The van der Waals surface area contributed by atoms with Crippen molar-refractivity contribution in [2.75, 3.05) is 65.1 Å². The van der Waals surface area contributed by atoms with Crippen LogP contribution in [0.5, 0.6) is 0 Å². The van der Waals surface area contributed by atoms with E-state index in [0.29, 0.717) is 52.4 Å². The number of alkyl halides is 3. The molecule has 1 aliphatic carbocycles. The van der Waals surface area contributed by atoms with Crippen LogP contribution in [0.15, 0.2) is 12.3 Å². The van der Waals surface area contributed by atoms with Crippen LogP contribution in [0.2, 0.25) is 0 Å². The number of carbonyl (C=O) groups excluding carboxylic acids is 1. The van der Waals surface area contributed by atoms with Gasteiger partial charge in [0, 0.05) is 71.9 Å². The van der Waals surface area contributed by atoms with Crippen LogP contribution in [0.4, 0.5) is 19.1 Å². The fraction of sp³-hybridized carbons (Fsp3) is 0.792. The second kappa shape index (κ2) is 11.6. The van der Waals surface area contributed by atoms with Gasteiger partial charge in [-0.25, -0.2) is 9.97 Å². The van der Waals surface area contributed by atoms with Gasteiger partial charge >= 0.3 is 6.18 Å². The Labute approximate surface area is 209 Å². The number of nitrogens with zero attached hydrogens (tertiary/aromatic N) is 4. The van der Waals surface area contributed by atoms with Gasteiger partial charge in [0.1, 0.15) is 5.69 Å². The smallest absolute Gasteiger partial charge is 0.385 e. The van der Waals surface area contributed by atoms with Crippen molar-refractivity contribution in [1.29, 1.82) is 0 Å². The van der Waals surface area contributed by atoms with Gasteiger partial charge in [0.05, 0.1) is 18.1 Å². The second-order valence-corrected chi connectivity index (χ2v) is 9.89. The summed E-state index contributed by atoms with van der Waals surface area (Å²) in [5, 5.41) is 3.72. The molecule has 1 aromatic rings. The number of nitrogens with one attached hydrogen (secondary N) is 1. The number of anilines is 1. The normalized spacial score (nSPS) is 29.5. The van der Waals surface area contributed by atoms with E-state index in [1.807, 2.05) is 4.90 Å². The molecule has 2 aliphatic heterocycles. The predicted molar refractivity (Wildman–Crippen MR) is 126 cm³/mol. The fourth-order valence-corrected chi connectivity index (χ4v) is 5.64. The third-order valence-corrected chi connectivity index (χ3v) is 7.69. The Morgan fingerprint density at radius 1 is 1.25 bits per heavy atom. The molecule has 0 spiro atoms. The number of aromatic nitrogens is 2. The van der Waals surface area contributed by atoms with Crippen LogP contribution in [-0.2, 0) is 25.2 Å². The predicted octanol–water partition coefficient (Wildman–Crippen LogP) is 2.11. The van der Waals surface area contributed by atoms with Crippen LogP contribution in [0.25, 0.3) is 0 Å². The van der Waals surface area contributed by atoms with Gasteiger partial charge < -0.3 is 29.3 Å². The van der Waals surface area contributed by atoms with E-state index in [1.54, 1.807) is 19.1 Å². The average molecular weight is 516 g/mol. The van der Waals surface area contributed by atoms with Crippen molar-refractivity contribution >= 4 is 11.9 Å². The van der Waals surface area contributed by atoms with E-state index in [9.17, 15) is 18.0 Å². The molecule has 2 saturated heterocycles. The molecule has 0 radical (unpaired) electrons. The molecule has 0 bridgehead atoms. The molecule has 1 aromatic heterocycles.